The molecular weight excluding hydrogens is 319 g/mol. The van der Waals surface area contributed by atoms with E-state index in [1.165, 1.54) is 16.7 Å². The monoisotopic (exact) mass is 340 g/mol. The number of fused-ring (bicyclic) bond motifs is 1. The molecule has 1 aromatic carbocycles. The molecule has 0 aliphatic carbocycles. The lowest BCUT2D eigenvalue weighted by Crippen LogP contribution is -2.21. The summed E-state index contributed by atoms with van der Waals surface area (Å²) in [5, 5.41) is 0. The van der Waals surface area contributed by atoms with Gasteiger partial charge in [-0.25, -0.2) is 0 Å². The summed E-state index contributed by atoms with van der Waals surface area (Å²) in [5.74, 6) is 1.41. The van der Waals surface area contributed by atoms with Gasteiger partial charge in [-0.1, -0.05) is 18.2 Å². The third kappa shape index (κ3) is 3.37. The molecule has 2 N–H and O–H groups in total. The van der Waals surface area contributed by atoms with Crippen LogP contribution in [0.1, 0.15) is 29.2 Å². The molecule has 0 saturated heterocycles. The van der Waals surface area contributed by atoms with Crippen LogP contribution in [-0.4, -0.2) is 18.1 Å². The number of rotatable bonds is 2. The molecular formula is C17H22Cl2N2O. The van der Waals surface area contributed by atoms with Gasteiger partial charge in [-0.05, 0) is 49.6 Å². The van der Waals surface area contributed by atoms with E-state index in [1.54, 1.807) is 0 Å². The van der Waals surface area contributed by atoms with E-state index in [1.807, 2.05) is 13.1 Å². The number of ether oxygens (including phenoxy) is 1. The normalized spacial score (nSPS) is 15.9. The predicted octanol–water partition coefficient (Wildman–Crippen LogP) is 4.03. The average molecular weight is 341 g/mol. The third-order valence-corrected chi connectivity index (χ3v) is 4.01. The first kappa shape index (κ1) is 18.8. The van der Waals surface area contributed by atoms with Gasteiger partial charge in [0.1, 0.15) is 5.75 Å². The highest BCUT2D eigenvalue weighted by atomic mass is 35.5. The van der Waals surface area contributed by atoms with E-state index in [0.717, 1.165) is 30.0 Å². The minimum Gasteiger partial charge on any atom is -0.493 e. The van der Waals surface area contributed by atoms with Gasteiger partial charge in [-0.15, -0.1) is 24.8 Å². The Morgan fingerprint density at radius 2 is 2.00 bits per heavy atom. The van der Waals surface area contributed by atoms with E-state index >= 15 is 0 Å². The highest BCUT2D eigenvalue weighted by molar-refractivity contribution is 5.85. The minimum absolute atomic E-state index is 0. The summed E-state index contributed by atoms with van der Waals surface area (Å²) < 4.78 is 5.96. The second kappa shape index (κ2) is 7.82. The number of nitrogens with two attached hydrogens (primary N) is 1. The second-order valence-corrected chi connectivity index (χ2v) is 5.43. The molecule has 0 fully saturated rings. The van der Waals surface area contributed by atoms with Gasteiger partial charge in [0.25, 0.3) is 0 Å². The molecule has 0 radical (unpaired) electrons. The van der Waals surface area contributed by atoms with Gasteiger partial charge >= 0.3 is 0 Å². The molecule has 120 valence electrons. The first-order valence-electron chi connectivity index (χ1n) is 7.10. The van der Waals surface area contributed by atoms with Crippen LogP contribution in [0.15, 0.2) is 30.5 Å². The Morgan fingerprint density at radius 3 is 2.73 bits per heavy atom. The maximum Gasteiger partial charge on any atom is 0.130 e. The van der Waals surface area contributed by atoms with Crippen LogP contribution in [0.25, 0.3) is 11.1 Å². The van der Waals surface area contributed by atoms with E-state index in [0.29, 0.717) is 12.5 Å². The molecule has 1 aliphatic rings. The quantitative estimate of drug-likeness (QED) is 0.897. The summed E-state index contributed by atoms with van der Waals surface area (Å²) >= 11 is 0. The van der Waals surface area contributed by atoms with Crippen LogP contribution in [0.3, 0.4) is 0 Å². The summed E-state index contributed by atoms with van der Waals surface area (Å²) in [4.78, 5) is 4.35. The summed E-state index contributed by atoms with van der Waals surface area (Å²) in [6.07, 6.45) is 2.93. The van der Waals surface area contributed by atoms with Crippen molar-refractivity contribution in [1.29, 1.82) is 0 Å². The van der Waals surface area contributed by atoms with Crippen molar-refractivity contribution < 1.29 is 4.74 Å². The molecule has 2 aromatic rings. The summed E-state index contributed by atoms with van der Waals surface area (Å²) in [7, 11) is 0. The standard InChI is InChI=1S/C17H20N2O.2ClH/c1-11-10-19-12(2)8-16(11)15-5-3-4-14-13(9-18)6-7-20-17(14)15;;/h3-5,8,10,13H,6-7,9,18H2,1-2H3;2*1H. The molecule has 0 amide bonds. The van der Waals surface area contributed by atoms with Gasteiger partial charge in [0.15, 0.2) is 0 Å². The van der Waals surface area contributed by atoms with Crippen molar-refractivity contribution in [3.05, 3.63) is 47.3 Å². The van der Waals surface area contributed by atoms with Gasteiger partial charge in [-0.3, -0.25) is 4.98 Å². The Bertz CT molecular complexity index is 647. The minimum atomic E-state index is 0. The fourth-order valence-corrected chi connectivity index (χ4v) is 2.87. The predicted molar refractivity (Wildman–Crippen MR) is 95.6 cm³/mol. The zero-order chi connectivity index (χ0) is 14.1. The fraction of sp³-hybridized carbons (Fsp3) is 0.353. The van der Waals surface area contributed by atoms with Crippen LogP contribution in [-0.2, 0) is 0 Å². The molecule has 3 rings (SSSR count). The van der Waals surface area contributed by atoms with Crippen molar-refractivity contribution in [1.82, 2.24) is 4.98 Å². The van der Waals surface area contributed by atoms with Crippen LogP contribution in [0.4, 0.5) is 0 Å². The third-order valence-electron chi connectivity index (χ3n) is 4.01. The molecule has 0 spiro atoms. The van der Waals surface area contributed by atoms with Crippen LogP contribution in [0.5, 0.6) is 5.75 Å². The van der Waals surface area contributed by atoms with Gasteiger partial charge < -0.3 is 10.5 Å². The van der Waals surface area contributed by atoms with Crippen LogP contribution < -0.4 is 10.5 Å². The van der Waals surface area contributed by atoms with E-state index in [2.05, 4.69) is 36.2 Å². The summed E-state index contributed by atoms with van der Waals surface area (Å²) in [6.45, 7) is 5.52. The van der Waals surface area contributed by atoms with Gasteiger partial charge in [0, 0.05) is 23.4 Å². The molecule has 5 heteroatoms. The van der Waals surface area contributed by atoms with Gasteiger partial charge in [0.05, 0.1) is 6.61 Å². The number of hydrogen-bond donors (Lipinski definition) is 1. The maximum absolute atomic E-state index is 5.96. The van der Waals surface area contributed by atoms with Crippen molar-refractivity contribution >= 4 is 24.8 Å². The average Bonchev–Trinajstić information content (AvgIpc) is 2.48. The molecule has 1 atom stereocenters. The molecule has 3 nitrogen and oxygen atoms in total. The van der Waals surface area contributed by atoms with E-state index in [9.17, 15) is 0 Å². The number of benzene rings is 1. The first-order chi connectivity index (χ1) is 9.70. The van der Waals surface area contributed by atoms with E-state index in [-0.39, 0.29) is 24.8 Å². The number of halogens is 2. The highest BCUT2D eigenvalue weighted by Gasteiger charge is 2.23. The lowest BCUT2D eigenvalue weighted by Gasteiger charge is -2.27. The zero-order valence-electron chi connectivity index (χ0n) is 12.8. The molecule has 2 heterocycles. The first-order valence-corrected chi connectivity index (χ1v) is 7.10. The number of aryl methyl sites for hydroxylation is 2. The Kier molecular flexibility index (Phi) is 6.66. The molecule has 1 aromatic heterocycles. The Balaban J connectivity index is 0.00000121. The Hall–Kier alpha value is -1.29. The number of para-hydroxylation sites is 1. The van der Waals surface area contributed by atoms with Crippen LogP contribution in [0.2, 0.25) is 0 Å². The van der Waals surface area contributed by atoms with Crippen LogP contribution >= 0.6 is 24.8 Å². The zero-order valence-corrected chi connectivity index (χ0v) is 14.5. The molecule has 0 bridgehead atoms. The van der Waals surface area contributed by atoms with Crippen molar-refractivity contribution in [2.45, 2.75) is 26.2 Å². The van der Waals surface area contributed by atoms with E-state index in [4.69, 9.17) is 10.5 Å². The van der Waals surface area contributed by atoms with Crippen LogP contribution in [0, 0.1) is 13.8 Å². The van der Waals surface area contributed by atoms with Crippen molar-refractivity contribution in [2.75, 3.05) is 13.2 Å². The highest BCUT2D eigenvalue weighted by Crippen LogP contribution is 2.41. The number of pyridine rings is 1. The second-order valence-electron chi connectivity index (χ2n) is 5.43. The molecule has 1 unspecified atom stereocenters. The topological polar surface area (TPSA) is 48.1 Å². The number of aromatic nitrogens is 1. The van der Waals surface area contributed by atoms with Crippen molar-refractivity contribution in [3.8, 4) is 16.9 Å². The Morgan fingerprint density at radius 1 is 1.23 bits per heavy atom. The number of hydrogen-bond acceptors (Lipinski definition) is 3. The molecule has 0 saturated carbocycles. The molecule has 1 aliphatic heterocycles. The summed E-state index contributed by atoms with van der Waals surface area (Å²) in [6, 6.07) is 8.49. The lowest BCUT2D eigenvalue weighted by atomic mass is 9.89. The summed E-state index contributed by atoms with van der Waals surface area (Å²) in [5.41, 5.74) is 11.7. The van der Waals surface area contributed by atoms with Crippen molar-refractivity contribution in [3.63, 3.8) is 0 Å². The molecule has 22 heavy (non-hydrogen) atoms. The largest absolute Gasteiger partial charge is 0.493 e. The SMILES string of the molecule is Cc1cc(-c2cccc3c2OCCC3CN)c(C)cn1.Cl.Cl. The lowest BCUT2D eigenvalue weighted by molar-refractivity contribution is 0.270. The Labute approximate surface area is 144 Å². The van der Waals surface area contributed by atoms with E-state index < -0.39 is 0 Å². The van der Waals surface area contributed by atoms with Gasteiger partial charge in [0.2, 0.25) is 0 Å². The number of nitrogens with zero attached hydrogens (tertiary/aromatic N) is 1. The van der Waals surface area contributed by atoms with Gasteiger partial charge in [-0.2, -0.15) is 0 Å². The smallest absolute Gasteiger partial charge is 0.130 e. The fourth-order valence-electron chi connectivity index (χ4n) is 2.87. The maximum atomic E-state index is 5.96. The van der Waals surface area contributed by atoms with Crippen molar-refractivity contribution in [2.24, 2.45) is 5.73 Å².